The molecule has 0 fully saturated rings. The highest BCUT2D eigenvalue weighted by Gasteiger charge is 2.11. The Morgan fingerprint density at radius 3 is 1.60 bits per heavy atom. The largest absolute Gasteiger partial charge is 0.163 e. The summed E-state index contributed by atoms with van der Waals surface area (Å²) < 4.78 is 0. The van der Waals surface area contributed by atoms with E-state index in [0.29, 0.717) is 5.41 Å². The van der Waals surface area contributed by atoms with E-state index in [-0.39, 0.29) is 0 Å². The number of thioether (sulfide) groups is 1. The summed E-state index contributed by atoms with van der Waals surface area (Å²) in [6.07, 6.45) is 0. The van der Waals surface area contributed by atoms with Crippen LogP contribution in [0.4, 0.5) is 0 Å². The third-order valence-corrected chi connectivity index (χ3v) is 2.86. The first-order chi connectivity index (χ1) is 7.02. The minimum absolute atomic E-state index is 0.293. The van der Waals surface area contributed by atoms with Crippen LogP contribution in [0.3, 0.4) is 0 Å². The molecule has 0 amide bonds. The average Bonchev–Trinajstić information content (AvgIpc) is 2.20. The number of benzene rings is 1. The SMILES string of the molecule is CC(C)(C)c1ccccc1.CCSCC. The van der Waals surface area contributed by atoms with E-state index in [1.54, 1.807) is 0 Å². The van der Waals surface area contributed by atoms with Crippen LogP contribution in [0.5, 0.6) is 0 Å². The van der Waals surface area contributed by atoms with Crippen molar-refractivity contribution in [2.75, 3.05) is 11.5 Å². The Balaban J connectivity index is 0.000000336. The van der Waals surface area contributed by atoms with Crippen LogP contribution in [0.2, 0.25) is 0 Å². The average molecular weight is 224 g/mol. The molecule has 86 valence electrons. The van der Waals surface area contributed by atoms with Crippen molar-refractivity contribution >= 4 is 11.8 Å². The first kappa shape index (κ1) is 14.6. The second kappa shape index (κ2) is 7.81. The van der Waals surface area contributed by atoms with Gasteiger partial charge in [0.15, 0.2) is 0 Å². The first-order valence-electron chi connectivity index (χ1n) is 5.65. The molecule has 0 aliphatic carbocycles. The highest BCUT2D eigenvalue weighted by molar-refractivity contribution is 7.99. The molecule has 1 heteroatoms. The molecule has 0 aromatic heterocycles. The van der Waals surface area contributed by atoms with E-state index in [4.69, 9.17) is 0 Å². The van der Waals surface area contributed by atoms with Gasteiger partial charge in [0.2, 0.25) is 0 Å². The Bertz CT molecular complexity index is 231. The smallest absolute Gasteiger partial charge is 0.00961 e. The van der Waals surface area contributed by atoms with Crippen molar-refractivity contribution < 1.29 is 0 Å². The van der Waals surface area contributed by atoms with Gasteiger partial charge in [0, 0.05) is 0 Å². The zero-order valence-corrected chi connectivity index (χ0v) is 11.5. The fourth-order valence-electron chi connectivity index (χ4n) is 1.14. The summed E-state index contributed by atoms with van der Waals surface area (Å²) in [5.41, 5.74) is 1.69. The normalized spacial score (nSPS) is 10.5. The van der Waals surface area contributed by atoms with E-state index < -0.39 is 0 Å². The highest BCUT2D eigenvalue weighted by atomic mass is 32.2. The van der Waals surface area contributed by atoms with Crippen LogP contribution in [0.15, 0.2) is 30.3 Å². The Hall–Kier alpha value is -0.430. The van der Waals surface area contributed by atoms with Crippen molar-refractivity contribution in [3.05, 3.63) is 35.9 Å². The predicted octanol–water partition coefficient (Wildman–Crippen LogP) is 4.74. The molecule has 1 aromatic carbocycles. The topological polar surface area (TPSA) is 0 Å². The quantitative estimate of drug-likeness (QED) is 0.699. The van der Waals surface area contributed by atoms with Crippen molar-refractivity contribution in [3.8, 4) is 0 Å². The van der Waals surface area contributed by atoms with E-state index >= 15 is 0 Å². The molecule has 0 unspecified atom stereocenters. The molecule has 15 heavy (non-hydrogen) atoms. The molecule has 0 bridgehead atoms. The number of hydrogen-bond donors (Lipinski definition) is 0. The Labute approximate surface area is 99.5 Å². The molecule has 0 radical (unpaired) electrons. The molecule has 1 rings (SSSR count). The van der Waals surface area contributed by atoms with Crippen LogP contribution in [0.25, 0.3) is 0 Å². The molecule has 0 atom stereocenters. The molecule has 0 saturated carbocycles. The van der Waals surface area contributed by atoms with Gasteiger partial charge in [-0.3, -0.25) is 0 Å². The van der Waals surface area contributed by atoms with E-state index in [1.165, 1.54) is 17.1 Å². The summed E-state index contributed by atoms with van der Waals surface area (Å²) in [5, 5.41) is 0. The highest BCUT2D eigenvalue weighted by Crippen LogP contribution is 2.20. The van der Waals surface area contributed by atoms with Crippen molar-refractivity contribution in [1.29, 1.82) is 0 Å². The fourth-order valence-corrected chi connectivity index (χ4v) is 1.55. The second-order valence-corrected chi connectivity index (χ2v) is 5.96. The summed E-state index contributed by atoms with van der Waals surface area (Å²) >= 11 is 1.96. The maximum absolute atomic E-state index is 2.22. The molecule has 0 nitrogen and oxygen atoms in total. The van der Waals surface area contributed by atoms with E-state index in [2.05, 4.69) is 65.0 Å². The zero-order valence-electron chi connectivity index (χ0n) is 10.7. The number of hydrogen-bond acceptors (Lipinski definition) is 1. The summed E-state index contributed by atoms with van der Waals surface area (Å²) in [6, 6.07) is 10.6. The lowest BCUT2D eigenvalue weighted by atomic mass is 9.87. The Morgan fingerprint density at radius 1 is 0.933 bits per heavy atom. The molecular weight excluding hydrogens is 200 g/mol. The monoisotopic (exact) mass is 224 g/mol. The van der Waals surface area contributed by atoms with Gasteiger partial charge in [-0.2, -0.15) is 11.8 Å². The van der Waals surface area contributed by atoms with Crippen molar-refractivity contribution in [1.82, 2.24) is 0 Å². The maximum Gasteiger partial charge on any atom is -0.00961 e. The van der Waals surface area contributed by atoms with Gasteiger partial charge in [0.1, 0.15) is 0 Å². The molecule has 0 aliphatic heterocycles. The molecule has 0 spiro atoms. The molecule has 0 aliphatic rings. The van der Waals surface area contributed by atoms with Gasteiger partial charge in [-0.25, -0.2) is 0 Å². The molecule has 0 heterocycles. The van der Waals surface area contributed by atoms with Gasteiger partial charge >= 0.3 is 0 Å². The standard InChI is InChI=1S/C10H14.C4H10S/c1-10(2,3)9-7-5-4-6-8-9;1-3-5-4-2/h4-8H,1-3H3;3-4H2,1-2H3. The predicted molar refractivity (Wildman–Crippen MR) is 73.8 cm³/mol. The van der Waals surface area contributed by atoms with Crippen LogP contribution in [-0.2, 0) is 5.41 Å². The lowest BCUT2D eigenvalue weighted by Crippen LogP contribution is -2.10. The molecular formula is C14H24S. The van der Waals surface area contributed by atoms with E-state index in [1.807, 2.05) is 11.8 Å². The maximum atomic E-state index is 2.22. The Morgan fingerprint density at radius 2 is 1.40 bits per heavy atom. The third kappa shape index (κ3) is 7.49. The zero-order chi connectivity index (χ0) is 11.7. The first-order valence-corrected chi connectivity index (χ1v) is 6.81. The molecule has 1 aromatic rings. The van der Waals surface area contributed by atoms with Gasteiger partial charge in [0.05, 0.1) is 0 Å². The van der Waals surface area contributed by atoms with Crippen LogP contribution in [0, 0.1) is 0 Å². The Kier molecular flexibility index (Phi) is 7.59. The van der Waals surface area contributed by atoms with Crippen LogP contribution >= 0.6 is 11.8 Å². The van der Waals surface area contributed by atoms with Crippen LogP contribution in [0.1, 0.15) is 40.2 Å². The molecule has 0 saturated heterocycles. The lowest BCUT2D eigenvalue weighted by Gasteiger charge is -2.18. The van der Waals surface area contributed by atoms with Gasteiger partial charge in [-0.15, -0.1) is 0 Å². The summed E-state index contributed by atoms with van der Waals surface area (Å²) in [6.45, 7) is 11.0. The van der Waals surface area contributed by atoms with Crippen LogP contribution in [-0.4, -0.2) is 11.5 Å². The third-order valence-electron chi connectivity index (χ3n) is 2.05. The van der Waals surface area contributed by atoms with Crippen molar-refractivity contribution in [2.45, 2.75) is 40.0 Å². The minimum Gasteiger partial charge on any atom is -0.163 e. The van der Waals surface area contributed by atoms with Gasteiger partial charge < -0.3 is 0 Å². The van der Waals surface area contributed by atoms with Gasteiger partial charge in [-0.05, 0) is 22.5 Å². The second-order valence-electron chi connectivity index (χ2n) is 4.40. The number of rotatable bonds is 2. The van der Waals surface area contributed by atoms with Crippen LogP contribution < -0.4 is 0 Å². The van der Waals surface area contributed by atoms with Crippen molar-refractivity contribution in [3.63, 3.8) is 0 Å². The summed E-state index contributed by atoms with van der Waals surface area (Å²) in [5.74, 6) is 2.52. The lowest BCUT2D eigenvalue weighted by molar-refractivity contribution is 0.590. The van der Waals surface area contributed by atoms with Gasteiger partial charge in [0.25, 0.3) is 0 Å². The van der Waals surface area contributed by atoms with Crippen molar-refractivity contribution in [2.24, 2.45) is 0 Å². The van der Waals surface area contributed by atoms with Gasteiger partial charge in [-0.1, -0.05) is 65.0 Å². The van der Waals surface area contributed by atoms with E-state index in [9.17, 15) is 0 Å². The minimum atomic E-state index is 0.293. The fraction of sp³-hybridized carbons (Fsp3) is 0.571. The summed E-state index contributed by atoms with van der Waals surface area (Å²) in [7, 11) is 0. The summed E-state index contributed by atoms with van der Waals surface area (Å²) in [4.78, 5) is 0. The van der Waals surface area contributed by atoms with E-state index in [0.717, 1.165) is 0 Å². The molecule has 0 N–H and O–H groups in total.